The number of carbonyl (C=O) groups excluding carboxylic acids is 2. The number of anilines is 2. The highest BCUT2D eigenvalue weighted by Crippen LogP contribution is 2.37. The van der Waals surface area contributed by atoms with Crippen LogP contribution in [-0.2, 0) is 9.59 Å². The van der Waals surface area contributed by atoms with Crippen LogP contribution in [0.1, 0.15) is 12.5 Å². The summed E-state index contributed by atoms with van der Waals surface area (Å²) < 4.78 is 10.9. The molecular weight excluding hydrogens is 428 g/mol. The van der Waals surface area contributed by atoms with Crippen LogP contribution in [0.3, 0.4) is 0 Å². The summed E-state index contributed by atoms with van der Waals surface area (Å²) in [5.41, 5.74) is 1.93. The highest BCUT2D eigenvalue weighted by Gasteiger charge is 2.40. The summed E-state index contributed by atoms with van der Waals surface area (Å²) in [6, 6.07) is 21.0. The average Bonchev–Trinajstić information content (AvgIpc) is 3.04. The number of nitrogens with zero attached hydrogens (tertiary/aromatic N) is 1. The quantitative estimate of drug-likeness (QED) is 0.506. The zero-order valence-corrected chi connectivity index (χ0v) is 18.3. The zero-order valence-electron chi connectivity index (χ0n) is 17.6. The van der Waals surface area contributed by atoms with Gasteiger partial charge in [-0.15, -0.1) is 0 Å². The van der Waals surface area contributed by atoms with E-state index in [9.17, 15) is 9.59 Å². The molecule has 0 radical (unpaired) electrons. The molecule has 0 saturated heterocycles. The Morgan fingerprint density at radius 3 is 2.44 bits per heavy atom. The molecule has 0 bridgehead atoms. The number of imide groups is 1. The Morgan fingerprint density at radius 1 is 0.938 bits per heavy atom. The maximum Gasteiger partial charge on any atom is 0.282 e. The topological polar surface area (TPSA) is 67.9 Å². The van der Waals surface area contributed by atoms with Gasteiger partial charge in [-0.3, -0.25) is 9.59 Å². The number of nitrogens with one attached hydrogen (secondary N) is 1. The standard InChI is InChI=1S/C25H21ClN2O4/c1-3-32-19-11-7-10-18(15-19)28-24(29)22(16-8-5-4-6-9-16)23(25(28)30)27-20-14-17(26)12-13-21(20)31-2/h4-15,27H,3H2,1-2H3. The smallest absolute Gasteiger partial charge is 0.282 e. The molecule has 0 atom stereocenters. The maximum absolute atomic E-state index is 13.5. The molecular formula is C25H21ClN2O4. The number of rotatable bonds is 7. The molecule has 0 aliphatic carbocycles. The molecule has 1 aliphatic heterocycles. The van der Waals surface area contributed by atoms with Crippen molar-refractivity contribution in [2.75, 3.05) is 23.9 Å². The van der Waals surface area contributed by atoms with Crippen molar-refractivity contribution >= 4 is 40.4 Å². The van der Waals surface area contributed by atoms with Crippen LogP contribution in [0.2, 0.25) is 5.02 Å². The molecule has 1 N–H and O–H groups in total. The Labute approximate surface area is 191 Å². The summed E-state index contributed by atoms with van der Waals surface area (Å²) in [5, 5.41) is 3.56. The summed E-state index contributed by atoms with van der Waals surface area (Å²) in [6.45, 7) is 2.34. The summed E-state index contributed by atoms with van der Waals surface area (Å²) in [7, 11) is 1.52. The molecule has 162 valence electrons. The van der Waals surface area contributed by atoms with E-state index in [2.05, 4.69) is 5.32 Å². The Balaban J connectivity index is 1.82. The Morgan fingerprint density at radius 2 is 1.72 bits per heavy atom. The molecule has 0 fully saturated rings. The van der Waals surface area contributed by atoms with Gasteiger partial charge in [0.05, 0.1) is 30.7 Å². The van der Waals surface area contributed by atoms with Gasteiger partial charge in [0.2, 0.25) is 0 Å². The van der Waals surface area contributed by atoms with Gasteiger partial charge in [0.1, 0.15) is 17.2 Å². The Hall–Kier alpha value is -3.77. The van der Waals surface area contributed by atoms with Crippen molar-refractivity contribution < 1.29 is 19.1 Å². The number of benzene rings is 3. The molecule has 4 rings (SSSR count). The molecule has 0 aromatic heterocycles. The lowest BCUT2D eigenvalue weighted by molar-refractivity contribution is -0.120. The van der Waals surface area contributed by atoms with E-state index in [-0.39, 0.29) is 11.3 Å². The van der Waals surface area contributed by atoms with Crippen LogP contribution >= 0.6 is 11.6 Å². The van der Waals surface area contributed by atoms with Gasteiger partial charge in [-0.2, -0.15) is 0 Å². The predicted octanol–water partition coefficient (Wildman–Crippen LogP) is 5.14. The second kappa shape index (κ2) is 9.16. The van der Waals surface area contributed by atoms with Crippen molar-refractivity contribution in [1.82, 2.24) is 0 Å². The molecule has 6 nitrogen and oxygen atoms in total. The first-order chi connectivity index (χ1) is 15.5. The van der Waals surface area contributed by atoms with Gasteiger partial charge in [0.25, 0.3) is 11.8 Å². The lowest BCUT2D eigenvalue weighted by Gasteiger charge is -2.17. The van der Waals surface area contributed by atoms with Gasteiger partial charge in [-0.25, -0.2) is 4.90 Å². The van der Waals surface area contributed by atoms with E-state index in [1.807, 2.05) is 25.1 Å². The zero-order chi connectivity index (χ0) is 22.7. The number of methoxy groups -OCH3 is 1. The fraction of sp³-hybridized carbons (Fsp3) is 0.120. The number of halogens is 1. The van der Waals surface area contributed by atoms with Crippen LogP contribution in [0.4, 0.5) is 11.4 Å². The van der Waals surface area contributed by atoms with Crippen molar-refractivity contribution in [2.24, 2.45) is 0 Å². The first-order valence-corrected chi connectivity index (χ1v) is 10.4. The number of hydrogen-bond donors (Lipinski definition) is 1. The van der Waals surface area contributed by atoms with Gasteiger partial charge in [-0.1, -0.05) is 48.0 Å². The van der Waals surface area contributed by atoms with Gasteiger partial charge in [0, 0.05) is 11.1 Å². The molecule has 1 aliphatic rings. The van der Waals surface area contributed by atoms with E-state index >= 15 is 0 Å². The Kier molecular flexibility index (Phi) is 6.14. The minimum Gasteiger partial charge on any atom is -0.495 e. The minimum absolute atomic E-state index is 0.142. The molecule has 1 heterocycles. The van der Waals surface area contributed by atoms with E-state index in [0.717, 1.165) is 4.90 Å². The van der Waals surface area contributed by atoms with Crippen LogP contribution in [0, 0.1) is 0 Å². The van der Waals surface area contributed by atoms with Crippen LogP contribution in [0.5, 0.6) is 11.5 Å². The molecule has 7 heteroatoms. The number of amides is 2. The van der Waals surface area contributed by atoms with E-state index in [1.165, 1.54) is 7.11 Å². The highest BCUT2D eigenvalue weighted by molar-refractivity contribution is 6.46. The van der Waals surface area contributed by atoms with Crippen LogP contribution in [0.15, 0.2) is 78.5 Å². The number of ether oxygens (including phenoxy) is 2. The third kappa shape index (κ3) is 4.05. The first-order valence-electron chi connectivity index (χ1n) is 10.1. The largest absolute Gasteiger partial charge is 0.495 e. The third-order valence-corrected chi connectivity index (χ3v) is 5.19. The summed E-state index contributed by atoms with van der Waals surface area (Å²) in [5.74, 6) is 0.152. The summed E-state index contributed by atoms with van der Waals surface area (Å²) in [6.07, 6.45) is 0. The van der Waals surface area contributed by atoms with E-state index < -0.39 is 11.8 Å². The average molecular weight is 449 g/mol. The predicted molar refractivity (Wildman–Crippen MR) is 125 cm³/mol. The summed E-state index contributed by atoms with van der Waals surface area (Å²) >= 11 is 6.16. The molecule has 3 aromatic rings. The molecule has 0 spiro atoms. The van der Waals surface area contributed by atoms with Gasteiger partial charge in [-0.05, 0) is 42.8 Å². The van der Waals surface area contributed by atoms with Crippen molar-refractivity contribution in [3.63, 3.8) is 0 Å². The lowest BCUT2D eigenvalue weighted by atomic mass is 10.0. The molecule has 32 heavy (non-hydrogen) atoms. The van der Waals surface area contributed by atoms with Gasteiger partial charge in [0.15, 0.2) is 0 Å². The van der Waals surface area contributed by atoms with Crippen molar-refractivity contribution in [3.05, 3.63) is 89.1 Å². The number of hydrogen-bond acceptors (Lipinski definition) is 5. The van der Waals surface area contributed by atoms with Crippen molar-refractivity contribution in [2.45, 2.75) is 6.92 Å². The number of carbonyl (C=O) groups is 2. The maximum atomic E-state index is 13.5. The molecule has 0 saturated carbocycles. The second-order valence-electron chi connectivity index (χ2n) is 6.96. The van der Waals surface area contributed by atoms with E-state index in [4.69, 9.17) is 21.1 Å². The second-order valence-corrected chi connectivity index (χ2v) is 7.40. The molecule has 0 unspecified atom stereocenters. The van der Waals surface area contributed by atoms with Gasteiger partial charge < -0.3 is 14.8 Å². The SMILES string of the molecule is CCOc1cccc(N2C(=O)C(Nc3cc(Cl)ccc3OC)=C(c3ccccc3)C2=O)c1. The van der Waals surface area contributed by atoms with Crippen molar-refractivity contribution in [1.29, 1.82) is 0 Å². The first kappa shape index (κ1) is 21.5. The minimum atomic E-state index is -0.482. The summed E-state index contributed by atoms with van der Waals surface area (Å²) in [4.78, 5) is 28.2. The molecule has 2 amide bonds. The van der Waals surface area contributed by atoms with E-state index in [1.54, 1.807) is 54.6 Å². The monoisotopic (exact) mass is 448 g/mol. The third-order valence-electron chi connectivity index (χ3n) is 4.95. The van der Waals surface area contributed by atoms with Crippen LogP contribution in [0.25, 0.3) is 5.57 Å². The fourth-order valence-electron chi connectivity index (χ4n) is 3.54. The normalized spacial score (nSPS) is 13.5. The Bertz CT molecular complexity index is 1210. The highest BCUT2D eigenvalue weighted by atomic mass is 35.5. The van der Waals surface area contributed by atoms with Crippen molar-refractivity contribution in [3.8, 4) is 11.5 Å². The van der Waals surface area contributed by atoms with Crippen LogP contribution in [-0.4, -0.2) is 25.5 Å². The van der Waals surface area contributed by atoms with E-state index in [0.29, 0.717) is 40.1 Å². The lowest BCUT2D eigenvalue weighted by Crippen LogP contribution is -2.32. The van der Waals surface area contributed by atoms with Crippen LogP contribution < -0.4 is 19.7 Å². The molecule has 3 aromatic carbocycles. The van der Waals surface area contributed by atoms with Gasteiger partial charge >= 0.3 is 0 Å². The fourth-order valence-corrected chi connectivity index (χ4v) is 3.72.